The van der Waals surface area contributed by atoms with Gasteiger partial charge < -0.3 is 91.8 Å². The molecule has 1 amide bonds. The number of nitrogens with zero attached hydrogens (tertiary/aromatic N) is 6. The van der Waals surface area contributed by atoms with E-state index in [0.717, 1.165) is 113 Å². The predicted octanol–water partition coefficient (Wildman–Crippen LogP) is 8.56. The van der Waals surface area contributed by atoms with Crippen molar-refractivity contribution in [1.82, 2.24) is 9.97 Å². The minimum absolute atomic E-state index is 0. The number of oxime groups is 2. The number of fused-ring (bicyclic) bond motifs is 1. The fraction of sp³-hybridized carbons (Fsp3) is 0.551. The summed E-state index contributed by atoms with van der Waals surface area (Å²) in [7, 11) is 3.74. The lowest BCUT2D eigenvalue weighted by Gasteiger charge is -2.64. The van der Waals surface area contributed by atoms with Gasteiger partial charge in [-0.2, -0.15) is 34.4 Å². The number of methoxy groups -OCH3 is 1. The highest BCUT2D eigenvalue weighted by Gasteiger charge is 2.68. The van der Waals surface area contributed by atoms with E-state index in [4.69, 9.17) is 73.1 Å². The van der Waals surface area contributed by atoms with Crippen LogP contribution in [0.3, 0.4) is 0 Å². The molecule has 7 aliphatic rings. The van der Waals surface area contributed by atoms with Crippen molar-refractivity contribution >= 4 is 128 Å². The summed E-state index contributed by atoms with van der Waals surface area (Å²) < 4.78 is 38.8. The Morgan fingerprint density at radius 1 is 0.832 bits per heavy atom. The first-order chi connectivity index (χ1) is 47.0. The molecule has 2 aromatic heterocycles. The number of carboxylic acid groups (broad SMARTS) is 1. The molecule has 101 heavy (non-hydrogen) atoms. The van der Waals surface area contributed by atoms with Gasteiger partial charge in [0.15, 0.2) is 33.3 Å². The maximum Gasteiger partial charge on any atom is 0.526 e. The molecular weight excluding hydrogens is 1510 g/mol. The molecule has 5 aromatic rings. The Labute approximate surface area is 632 Å². The molecule has 3 aromatic carbocycles. The standard InChI is InChI=1S/C48H65BN4O9S.C21H25BN4O6S.BCl3.HI/c1-45(2,3)59-42(55)39-32(27-53(10)21-15-16-22-53)20-19-31(41(39)57-11)23-34(49-61-38-25-33-24-37(47(33,7)8)48(38,9)62-49)26-36(54)40(52-58-28-30-17-13-12-14-18-30)35-29-63-43(50-35)51-44(56)60-46(4,5)6;1-26(6-2-3-7-26)10-13-5-4-12-8-14(22(30)32-19(12)17(13)20(28)29)9-16(27)18(25-31)15-11-33-21(23)24-15;2-1(3)4;/h12-14,17-20,29,33-34,37-38H,15-16,21-28H2,1-11H3;4-5,11,14,30H,2-3,6-10H2,1H3,(H3-,23,24,27,28,29,31);;1H/b52-40-;;;/t33-,34+,37-,38?,48-;14-;;/m01../s1. The first kappa shape index (κ1) is 81.1. The monoisotopic (exact) mass is 1600 g/mol. The van der Waals surface area contributed by atoms with Crippen molar-refractivity contribution < 1.29 is 105 Å². The second-order valence-corrected chi connectivity index (χ2v) is 33.9. The second-order valence-electron chi connectivity index (χ2n) is 30.2. The van der Waals surface area contributed by atoms with Gasteiger partial charge in [0, 0.05) is 77.6 Å². The predicted molar refractivity (Wildman–Crippen MR) is 387 cm³/mol. The van der Waals surface area contributed by atoms with Crippen LogP contribution >= 0.6 is 57.1 Å². The Morgan fingerprint density at radius 3 is 1.98 bits per heavy atom. The number of halogens is 4. The van der Waals surface area contributed by atoms with Crippen LogP contribution in [-0.2, 0) is 65.7 Å². The van der Waals surface area contributed by atoms with Gasteiger partial charge in [-0.3, -0.25) is 14.9 Å². The fourth-order valence-corrected chi connectivity index (χ4v) is 16.2. The summed E-state index contributed by atoms with van der Waals surface area (Å²) in [4.78, 5) is 80.3. The number of nitrogen functional groups attached to an aromatic ring is 1. The third-order valence-electron chi connectivity index (χ3n) is 19.9. The Kier molecular flexibility index (Phi) is 27.0. The van der Waals surface area contributed by atoms with E-state index in [-0.39, 0.29) is 118 Å². The average Bonchev–Trinajstić information content (AvgIpc) is 1.66. The number of quaternary nitrogens is 2. The number of aromatic nitrogens is 2. The maximum atomic E-state index is 14.9. The van der Waals surface area contributed by atoms with E-state index in [0.29, 0.717) is 47.4 Å². The summed E-state index contributed by atoms with van der Waals surface area (Å²) in [6.07, 6.45) is 5.86. The first-order valence-corrected chi connectivity index (χ1v) is 36.8. The van der Waals surface area contributed by atoms with Crippen LogP contribution in [0.4, 0.5) is 15.1 Å². The Hall–Kier alpha value is -5.60. The second kappa shape index (κ2) is 33.7. The number of hydrogen-bond acceptors (Lipinski definition) is 22. The number of Topliss-reactive ketones (excluding diaryl/α,β-unsaturated/α-hetero) is 2. The topological polar surface area (TPSA) is 302 Å². The number of nitrogens with one attached hydrogen (secondary N) is 1. The van der Waals surface area contributed by atoms with Crippen molar-refractivity contribution in [3.8, 4) is 11.5 Å². The smallest absolute Gasteiger partial charge is 0.526 e. The van der Waals surface area contributed by atoms with Gasteiger partial charge in [0.25, 0.3) is 0 Å². The number of rotatable bonds is 22. The van der Waals surface area contributed by atoms with Crippen LogP contribution in [0, 0.1) is 17.3 Å². The molecule has 3 aliphatic carbocycles. The molecule has 5 N–H and O–H groups in total. The van der Waals surface area contributed by atoms with Crippen LogP contribution in [0.5, 0.6) is 11.5 Å². The normalized spacial score (nSPS) is 21.8. The molecule has 32 heteroatoms. The van der Waals surface area contributed by atoms with E-state index in [9.17, 15) is 39.3 Å². The van der Waals surface area contributed by atoms with E-state index in [1.54, 1.807) is 45.4 Å². The maximum absolute atomic E-state index is 14.9. The molecule has 4 aliphatic heterocycles. The number of ether oxygens (including phenoxy) is 3. The molecule has 3 saturated heterocycles. The highest BCUT2D eigenvalue weighted by molar-refractivity contribution is 7.54. The summed E-state index contributed by atoms with van der Waals surface area (Å²) in [6, 6.07) is 17.1. The van der Waals surface area contributed by atoms with Gasteiger partial charge in [0.2, 0.25) is 0 Å². The number of benzene rings is 3. The van der Waals surface area contributed by atoms with Crippen LogP contribution in [0.2, 0.25) is 11.6 Å². The number of likely N-dealkylation sites (tertiary alicyclic amines) is 2. The lowest BCUT2D eigenvalue weighted by molar-refractivity contribution is -0.910. The van der Waals surface area contributed by atoms with Crippen LogP contribution in [0.15, 0.2) is 75.7 Å². The number of anilines is 2. The zero-order valence-corrected chi connectivity index (χ0v) is 65.3. The van der Waals surface area contributed by atoms with Crippen molar-refractivity contribution in [2.45, 2.75) is 181 Å². The molecule has 6 heterocycles. The Balaban J connectivity index is 0.000000285. The molecule has 6 fully saturated rings. The van der Waals surface area contributed by atoms with Gasteiger partial charge in [0.1, 0.15) is 59.3 Å². The van der Waals surface area contributed by atoms with Gasteiger partial charge in [0.05, 0.1) is 65.1 Å². The minimum Gasteiger partial charge on any atom is -1.00 e. The number of amides is 1. The number of thiazole rings is 2. The summed E-state index contributed by atoms with van der Waals surface area (Å²) >= 11 is 16.7. The zero-order valence-electron chi connectivity index (χ0n) is 59.3. The molecule has 1 unspecified atom stereocenters. The molecule has 2 bridgehead atoms. The molecule has 12 rings (SSSR count). The van der Waals surface area contributed by atoms with Crippen LogP contribution < -0.4 is 49.5 Å². The van der Waals surface area contributed by atoms with E-state index >= 15 is 0 Å². The van der Waals surface area contributed by atoms with E-state index < -0.39 is 71.4 Å². The van der Waals surface area contributed by atoms with E-state index in [1.807, 2.05) is 63.2 Å². The van der Waals surface area contributed by atoms with E-state index in [1.165, 1.54) is 5.38 Å². The molecule has 6 atom stereocenters. The van der Waals surface area contributed by atoms with Crippen LogP contribution in [0.25, 0.3) is 0 Å². The number of esters is 1. The summed E-state index contributed by atoms with van der Waals surface area (Å²) in [5.74, 6) is -2.57. The van der Waals surface area contributed by atoms with Crippen molar-refractivity contribution in [3.63, 3.8) is 0 Å². The molecule has 546 valence electrons. The van der Waals surface area contributed by atoms with Gasteiger partial charge >= 0.3 is 31.3 Å². The van der Waals surface area contributed by atoms with Crippen molar-refractivity contribution in [1.29, 1.82) is 0 Å². The van der Waals surface area contributed by atoms with Crippen molar-refractivity contribution in [3.05, 3.63) is 116 Å². The highest BCUT2D eigenvalue weighted by atomic mass is 127. The molecular formula is C69H91B3Cl3IN8O15S2. The zero-order chi connectivity index (χ0) is 72.9. The van der Waals surface area contributed by atoms with Crippen molar-refractivity contribution in [2.75, 3.05) is 58.4 Å². The van der Waals surface area contributed by atoms with Crippen molar-refractivity contribution in [2.24, 2.45) is 27.6 Å². The molecule has 3 saturated carbocycles. The SMILES string of the molecule is COc1c(C[C@H](CC(=O)/C(=N\OCc2ccccc2)c2csc(NC(=O)OC(C)(C)C)n2)B2OC3C[C@@H]4C[C@@H](C4(C)C)[C@]3(C)O2)ccc(C[N+]2(C)CCCC2)c1C(=O)OC(C)(C)C.C[N+]1(Cc2ccc3c(c2C(=O)[O-])OB(O)[C@@H](CC(=O)/C(=N\O)c2csc(N)n2)C3)CCCC1.ClB(Cl)Cl.[I-]. The van der Waals surface area contributed by atoms with E-state index in [2.05, 4.69) is 60.5 Å². The van der Waals surface area contributed by atoms with Gasteiger partial charge in [-0.1, -0.05) is 78.8 Å². The fourth-order valence-electron chi connectivity index (χ4n) is 15.0. The number of carboxylic acids is 1. The number of nitrogens with two attached hydrogens (primary N) is 1. The highest BCUT2D eigenvalue weighted by Crippen LogP contribution is 2.66. The Morgan fingerprint density at radius 2 is 1.42 bits per heavy atom. The van der Waals surface area contributed by atoms with Gasteiger partial charge in [-0.25, -0.2) is 19.6 Å². The number of hydrogen-bond donors (Lipinski definition) is 4. The first-order valence-electron chi connectivity index (χ1n) is 33.8. The summed E-state index contributed by atoms with van der Waals surface area (Å²) in [5, 5.41) is 45.7. The lowest BCUT2D eigenvalue weighted by Crippen LogP contribution is -3.00. The number of ketones is 2. The summed E-state index contributed by atoms with van der Waals surface area (Å²) in [6.45, 7) is 23.0. The average molecular weight is 1600 g/mol. The number of aromatic carboxylic acids is 1. The number of carbonyl (C=O) groups excluding carboxylic acids is 5. The van der Waals surface area contributed by atoms with Crippen LogP contribution in [-0.4, -0.2) is 160 Å². The molecule has 23 nitrogen and oxygen atoms in total. The van der Waals surface area contributed by atoms with Gasteiger partial charge in [-0.15, -0.1) is 22.7 Å². The molecule has 0 spiro atoms. The minimum atomic E-state index is -1.41. The number of carbonyl (C=O) groups is 5. The molecule has 0 radical (unpaired) electrons. The Bertz CT molecular complexity index is 3850. The third-order valence-corrected chi connectivity index (χ3v) is 21.3. The largest absolute Gasteiger partial charge is 1.00 e. The quantitative estimate of drug-likeness (QED) is 0.00959. The van der Waals surface area contributed by atoms with Crippen LogP contribution in [0.1, 0.15) is 174 Å². The lowest BCUT2D eigenvalue weighted by atomic mass is 9.43. The summed E-state index contributed by atoms with van der Waals surface area (Å²) in [5.41, 5.74) is 7.84. The van der Waals surface area contributed by atoms with Gasteiger partial charge in [-0.05, 0) is 108 Å². The third kappa shape index (κ3) is 20.3.